The highest BCUT2D eigenvalue weighted by Crippen LogP contribution is 2.33. The van der Waals surface area contributed by atoms with E-state index in [2.05, 4.69) is 6.92 Å². The predicted octanol–water partition coefficient (Wildman–Crippen LogP) is 5.76. The lowest BCUT2D eigenvalue weighted by Crippen LogP contribution is -2.43. The average Bonchev–Trinajstić information content (AvgIpc) is 3.61. The number of unbranched alkanes of at least 4 members (excludes halogenated alkanes) is 3. The molecule has 0 N–H and O–H groups in total. The van der Waals surface area contributed by atoms with Gasteiger partial charge in [-0.05, 0) is 67.3 Å². The minimum absolute atomic E-state index is 0.0782. The molecule has 0 spiro atoms. The summed E-state index contributed by atoms with van der Waals surface area (Å²) in [6, 6.07) is 17.1. The number of carbonyl (C=O) groups is 2. The number of fused-ring (bicyclic) bond motifs is 1. The molecule has 2 heterocycles. The van der Waals surface area contributed by atoms with Gasteiger partial charge in [0.1, 0.15) is 18.1 Å². The van der Waals surface area contributed by atoms with Crippen molar-refractivity contribution in [1.82, 2.24) is 9.80 Å². The first-order chi connectivity index (χ1) is 19.5. The topological polar surface area (TPSA) is 81.5 Å². The molecule has 2 aromatic carbocycles. The molecule has 1 aliphatic rings. The molecular weight excluding hydrogens is 508 g/mol. The van der Waals surface area contributed by atoms with Crippen molar-refractivity contribution in [1.29, 1.82) is 0 Å². The van der Waals surface area contributed by atoms with Crippen molar-refractivity contribution in [3.63, 3.8) is 0 Å². The third-order valence-electron chi connectivity index (χ3n) is 7.00. The van der Waals surface area contributed by atoms with Crippen LogP contribution >= 0.6 is 0 Å². The van der Waals surface area contributed by atoms with Gasteiger partial charge < -0.3 is 28.4 Å². The SMILES string of the molecule is CCCCCCc1ccc(C(=O)N(CCOC)CC(=O)N(Cc2ccc3c(c2)OCO3)Cc2ccc(C)o2)cc1. The molecule has 0 atom stereocenters. The van der Waals surface area contributed by atoms with Gasteiger partial charge in [0, 0.05) is 25.8 Å². The molecule has 0 radical (unpaired) electrons. The Balaban J connectivity index is 1.47. The first kappa shape index (κ1) is 29.2. The lowest BCUT2D eigenvalue weighted by molar-refractivity contribution is -0.133. The Morgan fingerprint density at radius 1 is 0.875 bits per heavy atom. The van der Waals surface area contributed by atoms with E-state index in [0.717, 1.165) is 24.2 Å². The smallest absolute Gasteiger partial charge is 0.254 e. The number of rotatable bonds is 15. The van der Waals surface area contributed by atoms with Crippen LogP contribution in [0.2, 0.25) is 0 Å². The number of ether oxygens (including phenoxy) is 3. The van der Waals surface area contributed by atoms with E-state index in [9.17, 15) is 9.59 Å². The zero-order chi connectivity index (χ0) is 28.3. The molecule has 1 aliphatic heterocycles. The maximum atomic E-state index is 13.7. The largest absolute Gasteiger partial charge is 0.464 e. The maximum absolute atomic E-state index is 13.7. The molecule has 3 aromatic rings. The summed E-state index contributed by atoms with van der Waals surface area (Å²) in [5.74, 6) is 2.41. The molecule has 4 rings (SSSR count). The maximum Gasteiger partial charge on any atom is 0.254 e. The van der Waals surface area contributed by atoms with Crippen molar-refractivity contribution in [3.8, 4) is 11.5 Å². The Hall–Kier alpha value is -3.78. The van der Waals surface area contributed by atoms with Gasteiger partial charge in [0.2, 0.25) is 12.7 Å². The van der Waals surface area contributed by atoms with Crippen LogP contribution < -0.4 is 9.47 Å². The van der Waals surface area contributed by atoms with E-state index < -0.39 is 0 Å². The normalized spacial score (nSPS) is 12.0. The van der Waals surface area contributed by atoms with Gasteiger partial charge in [-0.15, -0.1) is 0 Å². The summed E-state index contributed by atoms with van der Waals surface area (Å²) in [7, 11) is 1.59. The Morgan fingerprint density at radius 2 is 1.65 bits per heavy atom. The predicted molar refractivity (Wildman–Crippen MR) is 152 cm³/mol. The van der Waals surface area contributed by atoms with E-state index in [1.165, 1.54) is 24.8 Å². The van der Waals surface area contributed by atoms with Gasteiger partial charge >= 0.3 is 0 Å². The van der Waals surface area contributed by atoms with Crippen LogP contribution in [0.1, 0.15) is 65.6 Å². The lowest BCUT2D eigenvalue weighted by Gasteiger charge is -2.27. The number of hydrogen-bond donors (Lipinski definition) is 0. The summed E-state index contributed by atoms with van der Waals surface area (Å²) in [5, 5.41) is 0. The summed E-state index contributed by atoms with van der Waals surface area (Å²) in [5.41, 5.74) is 2.67. The number of benzene rings is 2. The van der Waals surface area contributed by atoms with Crippen LogP contribution in [-0.2, 0) is 29.0 Å². The molecule has 0 saturated carbocycles. The second-order valence-electron chi connectivity index (χ2n) is 10.2. The number of aryl methyl sites for hydroxylation is 2. The number of amides is 2. The first-order valence-corrected chi connectivity index (χ1v) is 14.1. The minimum atomic E-state index is -0.195. The minimum Gasteiger partial charge on any atom is -0.464 e. The van der Waals surface area contributed by atoms with Crippen molar-refractivity contribution in [2.75, 3.05) is 33.6 Å². The number of methoxy groups -OCH3 is 1. The first-order valence-electron chi connectivity index (χ1n) is 14.1. The van der Waals surface area contributed by atoms with Crippen molar-refractivity contribution in [2.45, 2.75) is 59.0 Å². The van der Waals surface area contributed by atoms with Gasteiger partial charge in [0.05, 0.1) is 13.2 Å². The number of carbonyl (C=O) groups excluding carboxylic acids is 2. The van der Waals surface area contributed by atoms with Crippen LogP contribution in [0, 0.1) is 6.92 Å². The third-order valence-corrected chi connectivity index (χ3v) is 7.00. The summed E-state index contributed by atoms with van der Waals surface area (Å²) in [6.45, 7) is 5.42. The summed E-state index contributed by atoms with van der Waals surface area (Å²) >= 11 is 0. The number of hydrogen-bond acceptors (Lipinski definition) is 6. The quantitative estimate of drug-likeness (QED) is 0.225. The highest BCUT2D eigenvalue weighted by atomic mass is 16.7. The zero-order valence-corrected chi connectivity index (χ0v) is 23.8. The lowest BCUT2D eigenvalue weighted by atomic mass is 10.0. The summed E-state index contributed by atoms with van der Waals surface area (Å²) < 4.78 is 22.0. The van der Waals surface area contributed by atoms with E-state index in [4.69, 9.17) is 18.6 Å². The highest BCUT2D eigenvalue weighted by molar-refractivity contribution is 5.96. The molecule has 40 heavy (non-hydrogen) atoms. The third kappa shape index (κ3) is 8.11. The Bertz CT molecular complexity index is 1250. The molecule has 0 saturated heterocycles. The van der Waals surface area contributed by atoms with Gasteiger partial charge in [-0.2, -0.15) is 0 Å². The van der Waals surface area contributed by atoms with Crippen molar-refractivity contribution in [3.05, 3.63) is 82.8 Å². The summed E-state index contributed by atoms with van der Waals surface area (Å²) in [4.78, 5) is 30.5. The molecule has 8 heteroatoms. The molecule has 0 aliphatic carbocycles. The van der Waals surface area contributed by atoms with E-state index in [0.29, 0.717) is 42.5 Å². The van der Waals surface area contributed by atoms with E-state index in [-0.39, 0.29) is 31.7 Å². The van der Waals surface area contributed by atoms with Crippen LogP contribution in [0.4, 0.5) is 0 Å². The fourth-order valence-electron chi connectivity index (χ4n) is 4.72. The second-order valence-corrected chi connectivity index (χ2v) is 10.2. The van der Waals surface area contributed by atoms with Crippen LogP contribution in [0.15, 0.2) is 59.0 Å². The molecule has 0 bridgehead atoms. The standard InChI is InChI=1S/C32H40N2O6/c1-4-5-6-7-8-25-10-13-27(14-11-25)32(36)33(17-18-37-3)22-31(35)34(21-28-15-9-24(2)40-28)20-26-12-16-29-30(19-26)39-23-38-29/h9-16,19H,4-8,17-18,20-23H2,1-3H3. The van der Waals surface area contributed by atoms with E-state index in [1.54, 1.807) is 16.9 Å². The average molecular weight is 549 g/mol. The van der Waals surface area contributed by atoms with Gasteiger partial charge in [0.15, 0.2) is 11.5 Å². The van der Waals surface area contributed by atoms with Crippen LogP contribution in [0.25, 0.3) is 0 Å². The molecule has 0 fully saturated rings. The molecule has 2 amide bonds. The molecule has 1 aromatic heterocycles. The van der Waals surface area contributed by atoms with Crippen LogP contribution in [0.5, 0.6) is 11.5 Å². The van der Waals surface area contributed by atoms with Crippen LogP contribution in [-0.4, -0.2) is 55.2 Å². The Morgan fingerprint density at radius 3 is 2.38 bits per heavy atom. The van der Waals surface area contributed by atoms with Crippen molar-refractivity contribution >= 4 is 11.8 Å². The molecule has 0 unspecified atom stereocenters. The van der Waals surface area contributed by atoms with Crippen molar-refractivity contribution in [2.24, 2.45) is 0 Å². The Labute approximate surface area is 236 Å². The highest BCUT2D eigenvalue weighted by Gasteiger charge is 2.24. The summed E-state index contributed by atoms with van der Waals surface area (Å²) in [6.07, 6.45) is 5.80. The molecular formula is C32H40N2O6. The van der Waals surface area contributed by atoms with E-state index >= 15 is 0 Å². The van der Waals surface area contributed by atoms with Crippen molar-refractivity contribution < 1.29 is 28.2 Å². The number of furan rings is 1. The molecule has 8 nitrogen and oxygen atoms in total. The van der Waals surface area contributed by atoms with Gasteiger partial charge in [-0.3, -0.25) is 9.59 Å². The fourth-order valence-corrected chi connectivity index (χ4v) is 4.72. The van der Waals surface area contributed by atoms with Crippen LogP contribution in [0.3, 0.4) is 0 Å². The Kier molecular flexibility index (Phi) is 10.6. The van der Waals surface area contributed by atoms with Gasteiger partial charge in [0.25, 0.3) is 5.91 Å². The fraction of sp³-hybridized carbons (Fsp3) is 0.438. The monoisotopic (exact) mass is 548 g/mol. The van der Waals surface area contributed by atoms with E-state index in [1.807, 2.05) is 61.5 Å². The number of nitrogens with zero attached hydrogens (tertiary/aromatic N) is 2. The molecule has 214 valence electrons. The zero-order valence-electron chi connectivity index (χ0n) is 23.8. The van der Waals surface area contributed by atoms with Gasteiger partial charge in [-0.1, -0.05) is 44.4 Å². The van der Waals surface area contributed by atoms with Gasteiger partial charge in [-0.25, -0.2) is 0 Å². The second kappa shape index (κ2) is 14.6.